The standard InChI is InChI=1S/C32H40N2O13/c1-8-31(47-22(6)37)25(46-27(45-21(5)36)26(31)44-20(4)35)19-43-32(28(38)41-9-2,29(39)42-10-3)18-23-12-14-24(15-13-23)34-17-11-16-33(7)30(34)40/h1,12-15,25-27H,9-11,16-19H2,2-7H3/t25-,26+,27?,31-/m1/s1. The fourth-order valence-corrected chi connectivity index (χ4v) is 5.32. The second kappa shape index (κ2) is 15.7. The number of nitrogens with zero attached hydrogens (tertiary/aromatic N) is 2. The zero-order valence-corrected chi connectivity index (χ0v) is 27.3. The number of carbonyl (C=O) groups excluding carboxylic acids is 6. The summed E-state index contributed by atoms with van der Waals surface area (Å²) < 4.78 is 38.3. The van der Waals surface area contributed by atoms with Crippen LogP contribution in [0.1, 0.15) is 46.6 Å². The Bertz CT molecular complexity index is 1370. The minimum absolute atomic E-state index is 0.127. The number of amides is 2. The van der Waals surface area contributed by atoms with Crippen LogP contribution in [-0.2, 0) is 63.6 Å². The number of anilines is 1. The van der Waals surface area contributed by atoms with Crippen molar-refractivity contribution in [2.24, 2.45) is 0 Å². The van der Waals surface area contributed by atoms with Crippen LogP contribution in [0.25, 0.3) is 0 Å². The zero-order chi connectivity index (χ0) is 34.9. The lowest BCUT2D eigenvalue weighted by molar-refractivity contribution is -0.206. The molecule has 1 aromatic rings. The number of benzene rings is 1. The molecule has 0 aromatic heterocycles. The van der Waals surface area contributed by atoms with Crippen molar-refractivity contribution >= 4 is 41.6 Å². The molecular formula is C32H40N2O13. The minimum Gasteiger partial charge on any atom is -0.463 e. The van der Waals surface area contributed by atoms with Crippen LogP contribution >= 0.6 is 0 Å². The summed E-state index contributed by atoms with van der Waals surface area (Å²) in [6.45, 7) is 6.40. The molecule has 0 radical (unpaired) electrons. The summed E-state index contributed by atoms with van der Waals surface area (Å²) in [6, 6.07) is 6.42. The summed E-state index contributed by atoms with van der Waals surface area (Å²) in [5, 5.41) is 0. The lowest BCUT2D eigenvalue weighted by Crippen LogP contribution is -2.57. The van der Waals surface area contributed by atoms with Crippen molar-refractivity contribution < 1.29 is 61.9 Å². The summed E-state index contributed by atoms with van der Waals surface area (Å²) in [5.41, 5.74) is -3.62. The van der Waals surface area contributed by atoms with Gasteiger partial charge in [0.2, 0.25) is 18.0 Å². The second-order valence-corrected chi connectivity index (χ2v) is 10.8. The number of hydrogen-bond donors (Lipinski definition) is 0. The number of terminal acetylenes is 1. The summed E-state index contributed by atoms with van der Waals surface area (Å²) in [7, 11) is 1.71. The van der Waals surface area contributed by atoms with Gasteiger partial charge < -0.3 is 38.1 Å². The Morgan fingerprint density at radius 3 is 2.06 bits per heavy atom. The summed E-state index contributed by atoms with van der Waals surface area (Å²) >= 11 is 0. The predicted molar refractivity (Wildman–Crippen MR) is 161 cm³/mol. The average molecular weight is 661 g/mol. The Morgan fingerprint density at radius 1 is 0.957 bits per heavy atom. The lowest BCUT2D eigenvalue weighted by atomic mass is 9.91. The van der Waals surface area contributed by atoms with Gasteiger partial charge in [-0.3, -0.25) is 19.3 Å². The van der Waals surface area contributed by atoms with E-state index in [9.17, 15) is 28.8 Å². The van der Waals surface area contributed by atoms with E-state index in [1.54, 1.807) is 41.1 Å². The highest BCUT2D eigenvalue weighted by Crippen LogP contribution is 2.39. The smallest absolute Gasteiger partial charge is 0.350 e. The van der Waals surface area contributed by atoms with Crippen LogP contribution in [0.5, 0.6) is 0 Å². The summed E-state index contributed by atoms with van der Waals surface area (Å²) in [4.78, 5) is 79.2. The Balaban J connectivity index is 2.04. The molecule has 2 aliphatic rings. The van der Waals surface area contributed by atoms with E-state index in [0.717, 1.165) is 27.2 Å². The fourth-order valence-electron chi connectivity index (χ4n) is 5.32. The molecule has 0 saturated carbocycles. The van der Waals surface area contributed by atoms with Crippen LogP contribution in [0.2, 0.25) is 0 Å². The van der Waals surface area contributed by atoms with Gasteiger partial charge in [0.25, 0.3) is 5.60 Å². The van der Waals surface area contributed by atoms with E-state index in [1.807, 2.05) is 0 Å². The first kappa shape index (κ1) is 36.8. The van der Waals surface area contributed by atoms with Gasteiger partial charge in [-0.15, -0.1) is 6.42 Å². The third kappa shape index (κ3) is 8.19. The van der Waals surface area contributed by atoms with Crippen LogP contribution in [0.3, 0.4) is 0 Å². The highest BCUT2D eigenvalue weighted by atomic mass is 16.8. The molecule has 2 amide bonds. The molecular weight excluding hydrogens is 620 g/mol. The lowest BCUT2D eigenvalue weighted by Gasteiger charge is -2.35. The van der Waals surface area contributed by atoms with Gasteiger partial charge in [-0.2, -0.15) is 0 Å². The van der Waals surface area contributed by atoms with E-state index >= 15 is 0 Å². The SMILES string of the molecule is C#C[C@@]1(OC(C)=O)[C@@H](COC(Cc2ccc(N3CCCN(C)C3=O)cc2)(C(=O)OCC)C(=O)OCC)OC(OC(C)=O)[C@@H]1OC(C)=O. The molecule has 2 saturated heterocycles. The van der Waals surface area contributed by atoms with E-state index in [4.69, 9.17) is 39.6 Å². The molecule has 47 heavy (non-hydrogen) atoms. The Morgan fingerprint density at radius 2 is 1.55 bits per heavy atom. The molecule has 0 spiro atoms. The van der Waals surface area contributed by atoms with E-state index in [-0.39, 0.29) is 19.2 Å². The largest absolute Gasteiger partial charge is 0.463 e. The van der Waals surface area contributed by atoms with Gasteiger partial charge in [0, 0.05) is 53.0 Å². The molecule has 0 aliphatic carbocycles. The van der Waals surface area contributed by atoms with Crippen molar-refractivity contribution in [1.29, 1.82) is 0 Å². The average Bonchev–Trinajstić information content (AvgIpc) is 3.27. The molecule has 2 aliphatic heterocycles. The Labute approximate surface area is 272 Å². The van der Waals surface area contributed by atoms with Gasteiger partial charge in [-0.1, -0.05) is 18.1 Å². The predicted octanol–water partition coefficient (Wildman–Crippen LogP) is 1.53. The molecule has 2 heterocycles. The van der Waals surface area contributed by atoms with Gasteiger partial charge in [-0.05, 0) is 38.0 Å². The maximum absolute atomic E-state index is 13.6. The van der Waals surface area contributed by atoms with Crippen LogP contribution in [0, 0.1) is 12.3 Å². The molecule has 15 nitrogen and oxygen atoms in total. The number of carbonyl (C=O) groups is 6. The molecule has 15 heteroatoms. The van der Waals surface area contributed by atoms with Gasteiger partial charge in [0.05, 0.1) is 19.8 Å². The van der Waals surface area contributed by atoms with Crippen molar-refractivity contribution in [1.82, 2.24) is 4.90 Å². The topological polar surface area (TPSA) is 174 Å². The highest BCUT2D eigenvalue weighted by Gasteiger charge is 2.64. The molecule has 1 aromatic carbocycles. The van der Waals surface area contributed by atoms with Crippen molar-refractivity contribution in [2.75, 3.05) is 44.9 Å². The fraction of sp³-hybridized carbons (Fsp3) is 0.562. The third-order valence-corrected chi connectivity index (χ3v) is 7.39. The first-order valence-electron chi connectivity index (χ1n) is 15.0. The number of ether oxygens (including phenoxy) is 7. The molecule has 0 N–H and O–H groups in total. The molecule has 4 atom stereocenters. The van der Waals surface area contributed by atoms with Crippen LogP contribution in [0.4, 0.5) is 10.5 Å². The highest BCUT2D eigenvalue weighted by molar-refractivity contribution is 6.04. The van der Waals surface area contributed by atoms with Gasteiger partial charge in [0.1, 0.15) is 6.10 Å². The maximum atomic E-state index is 13.6. The van der Waals surface area contributed by atoms with Crippen LogP contribution in [-0.4, -0.2) is 110 Å². The zero-order valence-electron chi connectivity index (χ0n) is 27.3. The van der Waals surface area contributed by atoms with E-state index in [2.05, 4.69) is 5.92 Å². The van der Waals surface area contributed by atoms with Crippen molar-refractivity contribution in [2.45, 2.75) is 77.2 Å². The monoisotopic (exact) mass is 660 g/mol. The number of rotatable bonds is 13. The van der Waals surface area contributed by atoms with E-state index < -0.39 is 72.6 Å². The van der Waals surface area contributed by atoms with Crippen molar-refractivity contribution in [3.8, 4) is 12.3 Å². The van der Waals surface area contributed by atoms with E-state index in [0.29, 0.717) is 24.3 Å². The maximum Gasteiger partial charge on any atom is 0.350 e. The number of urea groups is 1. The van der Waals surface area contributed by atoms with Crippen LogP contribution in [0.15, 0.2) is 24.3 Å². The van der Waals surface area contributed by atoms with Gasteiger partial charge in [0.15, 0.2) is 0 Å². The molecule has 3 rings (SSSR count). The minimum atomic E-state index is -2.44. The third-order valence-electron chi connectivity index (χ3n) is 7.39. The Kier molecular flexibility index (Phi) is 12.3. The molecule has 0 bridgehead atoms. The number of esters is 5. The van der Waals surface area contributed by atoms with Gasteiger partial charge in [-0.25, -0.2) is 14.4 Å². The second-order valence-electron chi connectivity index (χ2n) is 10.8. The molecule has 256 valence electrons. The Hall–Kier alpha value is -4.68. The van der Waals surface area contributed by atoms with Gasteiger partial charge >= 0.3 is 35.9 Å². The molecule has 1 unspecified atom stereocenters. The quantitative estimate of drug-likeness (QED) is 0.129. The van der Waals surface area contributed by atoms with Crippen LogP contribution < -0.4 is 4.90 Å². The van der Waals surface area contributed by atoms with Crippen molar-refractivity contribution in [3.05, 3.63) is 29.8 Å². The first-order chi connectivity index (χ1) is 22.2. The van der Waals surface area contributed by atoms with Crippen molar-refractivity contribution in [3.63, 3.8) is 0 Å². The first-order valence-corrected chi connectivity index (χ1v) is 15.0. The van der Waals surface area contributed by atoms with E-state index in [1.165, 1.54) is 13.8 Å². The normalized spacial score (nSPS) is 22.6. The summed E-state index contributed by atoms with van der Waals surface area (Å²) in [5.74, 6) is -2.53. The summed E-state index contributed by atoms with van der Waals surface area (Å²) in [6.07, 6.45) is 1.37. The molecule has 2 fully saturated rings. The number of hydrogen-bond acceptors (Lipinski definition) is 13.